The molecule has 9 aromatic rings. The van der Waals surface area contributed by atoms with E-state index in [0.29, 0.717) is 0 Å². The Kier molecular flexibility index (Phi) is 7.22. The topological polar surface area (TPSA) is 18.1 Å². The smallest absolute Gasteiger partial charge is 0.142 e. The first-order chi connectivity index (χ1) is 25.8. The second-order valence-corrected chi connectivity index (χ2v) is 13.4. The highest BCUT2D eigenvalue weighted by Gasteiger charge is 2.28. The molecule has 0 fully saturated rings. The van der Waals surface area contributed by atoms with Gasteiger partial charge in [-0.3, -0.25) is 0 Å². The van der Waals surface area contributed by atoms with Gasteiger partial charge in [0.25, 0.3) is 0 Å². The molecule has 0 atom stereocenters. The molecule has 2 aromatic heterocycles. The highest BCUT2D eigenvalue weighted by atomic mass is 16.3. The average molecular weight is 664 g/mol. The van der Waals surface area contributed by atoms with E-state index in [2.05, 4.69) is 181 Å². The molecule has 0 bridgehead atoms. The molecule has 1 aliphatic rings. The summed E-state index contributed by atoms with van der Waals surface area (Å²) in [5.41, 5.74) is 14.7. The standard InChI is InChI=1S/C50H33NO/c1-4-17-34(18-5-1)36-21-14-22-37(33-36)49-44-26-10-11-27-45(44)50(52-49)47-39(35-19-6-2-7-20-35)28-15-29-41(47)43-31-16-30-42-40-25-12-13-32-46(40)51(48(42)43)38-23-8-3-9-24-38/h1-6,8-10,12-19,21-26,28-33H,11,27H2. The van der Waals surface area contributed by atoms with Crippen molar-refractivity contribution < 1.29 is 4.42 Å². The summed E-state index contributed by atoms with van der Waals surface area (Å²) in [7, 11) is 0. The van der Waals surface area contributed by atoms with Gasteiger partial charge < -0.3 is 8.98 Å². The van der Waals surface area contributed by atoms with E-state index in [1.54, 1.807) is 0 Å². The minimum atomic E-state index is 0.899. The molecular weight excluding hydrogens is 631 g/mol. The molecule has 0 N–H and O–H groups in total. The number of fused-ring (bicyclic) bond motifs is 4. The van der Waals surface area contributed by atoms with Crippen molar-refractivity contribution in [2.45, 2.75) is 12.8 Å². The third kappa shape index (κ3) is 4.90. The Labute approximate surface area is 303 Å². The van der Waals surface area contributed by atoms with Crippen molar-refractivity contribution in [1.82, 2.24) is 4.57 Å². The number of benzene rings is 6. The molecule has 52 heavy (non-hydrogen) atoms. The monoisotopic (exact) mass is 663 g/mol. The highest BCUT2D eigenvalue weighted by molar-refractivity contribution is 6.15. The summed E-state index contributed by atoms with van der Waals surface area (Å²) >= 11 is 0. The first-order valence-corrected chi connectivity index (χ1v) is 17.9. The number of allylic oxidation sites excluding steroid dienone is 1. The molecule has 10 rings (SSSR count). The van der Waals surface area contributed by atoms with Gasteiger partial charge in [0.1, 0.15) is 11.5 Å². The molecule has 2 heterocycles. The summed E-state index contributed by atoms with van der Waals surface area (Å²) in [4.78, 5) is 0. The molecule has 0 amide bonds. The SMILES string of the molecule is c1cccc(-c2cccc(-c3cccc4c5ccccc5n(-c5ccccc5)c34)c2-c2oc(-c3cccc(-c4ccccc4)c3)c3c2CCC=C3)c#1. The first kappa shape index (κ1) is 30.0. The van der Waals surface area contributed by atoms with E-state index in [1.165, 1.54) is 38.5 Å². The molecule has 0 saturated heterocycles. The molecule has 2 heteroatoms. The van der Waals surface area contributed by atoms with Crippen LogP contribution in [0.1, 0.15) is 17.5 Å². The zero-order valence-electron chi connectivity index (χ0n) is 28.5. The lowest BCUT2D eigenvalue weighted by molar-refractivity contribution is 0.594. The Bertz CT molecular complexity index is 2770. The van der Waals surface area contributed by atoms with E-state index < -0.39 is 0 Å². The second-order valence-electron chi connectivity index (χ2n) is 13.4. The van der Waals surface area contributed by atoms with Crippen molar-refractivity contribution in [2.24, 2.45) is 0 Å². The Morgan fingerprint density at radius 3 is 2.13 bits per heavy atom. The predicted octanol–water partition coefficient (Wildman–Crippen LogP) is 13.3. The van der Waals surface area contributed by atoms with Gasteiger partial charge in [0, 0.05) is 55.4 Å². The lowest BCUT2D eigenvalue weighted by atomic mass is 9.86. The van der Waals surface area contributed by atoms with E-state index >= 15 is 0 Å². The summed E-state index contributed by atoms with van der Waals surface area (Å²) in [5, 5.41) is 2.45. The quantitative estimate of drug-likeness (QED) is 0.173. The number of nitrogens with zero attached hydrogens (tertiary/aromatic N) is 1. The van der Waals surface area contributed by atoms with Gasteiger partial charge in [-0.05, 0) is 65.9 Å². The van der Waals surface area contributed by atoms with Crippen molar-refractivity contribution in [2.75, 3.05) is 0 Å². The van der Waals surface area contributed by atoms with Gasteiger partial charge in [0.15, 0.2) is 0 Å². The summed E-state index contributed by atoms with van der Waals surface area (Å²) in [6.45, 7) is 0. The molecule has 1 aliphatic carbocycles. The van der Waals surface area contributed by atoms with Gasteiger partial charge in [0.2, 0.25) is 0 Å². The van der Waals surface area contributed by atoms with E-state index in [0.717, 1.165) is 69.0 Å². The zero-order chi connectivity index (χ0) is 34.4. The highest BCUT2D eigenvalue weighted by Crippen LogP contribution is 2.49. The number of furan rings is 1. The largest absolute Gasteiger partial charge is 0.455 e. The number of para-hydroxylation sites is 3. The summed E-state index contributed by atoms with van der Waals surface area (Å²) in [6, 6.07) is 64.8. The summed E-state index contributed by atoms with van der Waals surface area (Å²) in [5.74, 6) is 1.82. The fourth-order valence-electron chi connectivity index (χ4n) is 8.06. The fraction of sp³-hybridized carbons (Fsp3) is 0.0400. The molecule has 2 nitrogen and oxygen atoms in total. The van der Waals surface area contributed by atoms with Crippen molar-refractivity contribution in [1.29, 1.82) is 0 Å². The van der Waals surface area contributed by atoms with Crippen LogP contribution in [0.3, 0.4) is 0 Å². The van der Waals surface area contributed by atoms with Crippen molar-refractivity contribution in [3.8, 4) is 61.7 Å². The third-order valence-electron chi connectivity index (χ3n) is 10.4. The Balaban J connectivity index is 1.28. The van der Waals surface area contributed by atoms with Gasteiger partial charge in [-0.15, -0.1) is 0 Å². The Hall–Kier alpha value is -6.82. The Morgan fingerprint density at radius 1 is 0.558 bits per heavy atom. The van der Waals surface area contributed by atoms with Gasteiger partial charge in [-0.1, -0.05) is 152 Å². The molecule has 7 aromatic carbocycles. The van der Waals surface area contributed by atoms with Crippen molar-refractivity contribution >= 4 is 27.9 Å². The van der Waals surface area contributed by atoms with Gasteiger partial charge >= 0.3 is 0 Å². The summed E-state index contributed by atoms with van der Waals surface area (Å²) < 4.78 is 9.68. The average Bonchev–Trinajstić information content (AvgIpc) is 3.78. The Morgan fingerprint density at radius 2 is 1.27 bits per heavy atom. The maximum Gasteiger partial charge on any atom is 0.142 e. The molecule has 0 unspecified atom stereocenters. The maximum atomic E-state index is 7.26. The van der Waals surface area contributed by atoms with Crippen LogP contribution in [0.4, 0.5) is 0 Å². The van der Waals surface area contributed by atoms with Crippen LogP contribution >= 0.6 is 0 Å². The first-order valence-electron chi connectivity index (χ1n) is 17.9. The van der Waals surface area contributed by atoms with Crippen LogP contribution in [0.2, 0.25) is 0 Å². The van der Waals surface area contributed by atoms with E-state index in [4.69, 9.17) is 4.42 Å². The van der Waals surface area contributed by atoms with Crippen LogP contribution in [0.5, 0.6) is 0 Å². The predicted molar refractivity (Wildman–Crippen MR) is 215 cm³/mol. The lowest BCUT2D eigenvalue weighted by Gasteiger charge is -2.18. The minimum absolute atomic E-state index is 0.899. The van der Waals surface area contributed by atoms with Crippen LogP contribution in [0.25, 0.3) is 89.6 Å². The zero-order valence-corrected chi connectivity index (χ0v) is 28.5. The van der Waals surface area contributed by atoms with Crippen LogP contribution in [0.15, 0.2) is 174 Å². The molecule has 0 saturated carbocycles. The lowest BCUT2D eigenvalue weighted by Crippen LogP contribution is -1.98. The fourth-order valence-corrected chi connectivity index (χ4v) is 8.06. The van der Waals surface area contributed by atoms with Gasteiger partial charge in [-0.25, -0.2) is 0 Å². The van der Waals surface area contributed by atoms with Gasteiger partial charge in [0.05, 0.1) is 11.0 Å². The molecule has 0 radical (unpaired) electrons. The van der Waals surface area contributed by atoms with Crippen molar-refractivity contribution in [3.05, 3.63) is 193 Å². The maximum absolute atomic E-state index is 7.26. The molecule has 0 spiro atoms. The number of rotatable bonds is 6. The normalized spacial score (nSPS) is 12.2. The van der Waals surface area contributed by atoms with E-state index in [1.807, 2.05) is 12.1 Å². The molecular formula is C50H33NO. The van der Waals surface area contributed by atoms with E-state index in [9.17, 15) is 0 Å². The number of hydrogen-bond acceptors (Lipinski definition) is 1. The second kappa shape index (κ2) is 12.5. The minimum Gasteiger partial charge on any atom is -0.455 e. The van der Waals surface area contributed by atoms with Crippen LogP contribution in [-0.4, -0.2) is 4.57 Å². The number of hydrogen-bond donors (Lipinski definition) is 0. The molecule has 244 valence electrons. The third-order valence-corrected chi connectivity index (χ3v) is 10.4. The van der Waals surface area contributed by atoms with Crippen LogP contribution < -0.4 is 0 Å². The van der Waals surface area contributed by atoms with E-state index in [-0.39, 0.29) is 0 Å². The van der Waals surface area contributed by atoms with Crippen molar-refractivity contribution in [3.63, 3.8) is 0 Å². The van der Waals surface area contributed by atoms with Gasteiger partial charge in [-0.2, -0.15) is 0 Å². The molecule has 0 aliphatic heterocycles. The van der Waals surface area contributed by atoms with Crippen LogP contribution in [0, 0.1) is 12.1 Å². The summed E-state index contributed by atoms with van der Waals surface area (Å²) in [6.07, 6.45) is 6.40. The number of aromatic nitrogens is 1. The van der Waals surface area contributed by atoms with Crippen LogP contribution in [-0.2, 0) is 6.42 Å².